The van der Waals surface area contributed by atoms with Gasteiger partial charge in [-0.05, 0) is 36.6 Å². The lowest BCUT2D eigenvalue weighted by atomic mass is 9.94. The van der Waals surface area contributed by atoms with Gasteiger partial charge in [0, 0.05) is 49.4 Å². The number of aliphatic hydroxyl groups is 1. The number of pyridine rings is 2. The Kier molecular flexibility index (Phi) is 5.32. The van der Waals surface area contributed by atoms with Crippen LogP contribution in [0.1, 0.15) is 18.1 Å². The molecule has 4 rings (SSSR count). The number of aliphatic hydroxyl groups excluding tert-OH is 1. The number of hydrogen-bond acceptors (Lipinski definition) is 5. The summed E-state index contributed by atoms with van der Waals surface area (Å²) >= 11 is 0. The summed E-state index contributed by atoms with van der Waals surface area (Å²) in [6, 6.07) is 14.2. The summed E-state index contributed by atoms with van der Waals surface area (Å²) in [5, 5.41) is 11.8. The van der Waals surface area contributed by atoms with E-state index >= 15 is 0 Å². The van der Waals surface area contributed by atoms with Crippen LogP contribution < -0.4 is 4.74 Å². The molecule has 140 valence electrons. The number of aromatic nitrogens is 2. The van der Waals surface area contributed by atoms with Crippen LogP contribution in [0.5, 0.6) is 5.88 Å². The Hall–Kier alpha value is -2.50. The average Bonchev–Trinajstić information content (AvgIpc) is 3.03. The van der Waals surface area contributed by atoms with Crippen LogP contribution in [-0.2, 0) is 13.0 Å². The molecule has 0 unspecified atom stereocenters. The predicted molar refractivity (Wildman–Crippen MR) is 106 cm³/mol. The molecular weight excluding hydrogens is 338 g/mol. The Bertz CT molecular complexity index is 892. The second-order valence-corrected chi connectivity index (χ2v) is 7.15. The molecule has 0 spiro atoms. The van der Waals surface area contributed by atoms with E-state index in [-0.39, 0.29) is 12.0 Å². The van der Waals surface area contributed by atoms with Gasteiger partial charge in [0.25, 0.3) is 0 Å². The van der Waals surface area contributed by atoms with Crippen molar-refractivity contribution in [1.82, 2.24) is 14.9 Å². The van der Waals surface area contributed by atoms with E-state index in [1.54, 1.807) is 0 Å². The topological polar surface area (TPSA) is 58.5 Å². The highest BCUT2D eigenvalue weighted by Gasteiger charge is 2.31. The van der Waals surface area contributed by atoms with Gasteiger partial charge >= 0.3 is 0 Å². The molecule has 1 aliphatic rings. The molecule has 5 heteroatoms. The van der Waals surface area contributed by atoms with E-state index < -0.39 is 0 Å². The first-order valence-electron chi connectivity index (χ1n) is 9.53. The molecule has 0 radical (unpaired) electrons. The van der Waals surface area contributed by atoms with E-state index in [4.69, 9.17) is 4.74 Å². The highest BCUT2D eigenvalue weighted by atomic mass is 16.5. The summed E-state index contributed by atoms with van der Waals surface area (Å²) in [6.45, 7) is 4.94. The molecule has 1 aliphatic heterocycles. The van der Waals surface area contributed by atoms with Crippen molar-refractivity contribution in [2.75, 3.05) is 19.7 Å². The van der Waals surface area contributed by atoms with Crippen LogP contribution >= 0.6 is 0 Å². The van der Waals surface area contributed by atoms with Crippen LogP contribution in [-0.4, -0.2) is 45.8 Å². The van der Waals surface area contributed by atoms with E-state index in [1.807, 2.05) is 49.6 Å². The Balaban J connectivity index is 1.42. The molecule has 0 bridgehead atoms. The molecule has 1 N–H and O–H groups in total. The second-order valence-electron chi connectivity index (χ2n) is 7.15. The molecule has 1 aromatic carbocycles. The van der Waals surface area contributed by atoms with Crippen molar-refractivity contribution in [2.24, 2.45) is 5.92 Å². The van der Waals surface area contributed by atoms with Gasteiger partial charge in [-0.1, -0.05) is 24.3 Å². The maximum absolute atomic E-state index is 10.6. The van der Waals surface area contributed by atoms with Crippen molar-refractivity contribution in [1.29, 1.82) is 0 Å². The van der Waals surface area contributed by atoms with Gasteiger partial charge in [-0.15, -0.1) is 0 Å². The molecule has 5 nitrogen and oxygen atoms in total. The fraction of sp³-hybridized carbons (Fsp3) is 0.364. The number of nitrogens with zero attached hydrogens (tertiary/aromatic N) is 3. The van der Waals surface area contributed by atoms with Crippen molar-refractivity contribution in [3.05, 3.63) is 66.0 Å². The van der Waals surface area contributed by atoms with Crippen molar-refractivity contribution in [3.8, 4) is 5.88 Å². The highest BCUT2D eigenvalue weighted by Crippen LogP contribution is 2.26. The zero-order valence-electron chi connectivity index (χ0n) is 15.6. The summed E-state index contributed by atoms with van der Waals surface area (Å²) < 4.78 is 5.40. The lowest BCUT2D eigenvalue weighted by Crippen LogP contribution is -2.21. The minimum absolute atomic E-state index is 0.228. The first-order valence-corrected chi connectivity index (χ1v) is 9.53. The monoisotopic (exact) mass is 363 g/mol. The van der Waals surface area contributed by atoms with Crippen LogP contribution in [0.15, 0.2) is 54.9 Å². The first-order chi connectivity index (χ1) is 13.2. The molecule has 3 heterocycles. The third-order valence-electron chi connectivity index (χ3n) is 5.20. The quantitative estimate of drug-likeness (QED) is 0.729. The Morgan fingerprint density at radius 1 is 1.11 bits per heavy atom. The standard InChI is InChI=1S/C22H25N3O2/c1-2-27-22-8-7-16(12-24-22)13-25-14-18(21(26)15-25)11-17-9-10-23-20-6-4-3-5-19(17)20/h3-10,12,18,21,26H,2,11,13-15H2,1H3/t18-,21+/m1/s1. The summed E-state index contributed by atoms with van der Waals surface area (Å²) in [6.07, 6.45) is 4.28. The van der Waals surface area contributed by atoms with Gasteiger partial charge in [0.1, 0.15) is 0 Å². The SMILES string of the molecule is CCOc1ccc(CN2C[C@@H](Cc3ccnc4ccccc34)[C@@H](O)C2)cn1. The number of ether oxygens (including phenoxy) is 1. The zero-order valence-corrected chi connectivity index (χ0v) is 15.6. The molecule has 0 amide bonds. The number of likely N-dealkylation sites (tertiary alicyclic amines) is 1. The number of benzene rings is 1. The van der Waals surface area contributed by atoms with Gasteiger partial charge in [0.15, 0.2) is 0 Å². The summed E-state index contributed by atoms with van der Waals surface area (Å²) in [7, 11) is 0. The maximum atomic E-state index is 10.6. The smallest absolute Gasteiger partial charge is 0.213 e. The minimum atomic E-state index is -0.312. The van der Waals surface area contributed by atoms with Crippen molar-refractivity contribution >= 4 is 10.9 Å². The molecular formula is C22H25N3O2. The summed E-state index contributed by atoms with van der Waals surface area (Å²) in [5.41, 5.74) is 3.41. The highest BCUT2D eigenvalue weighted by molar-refractivity contribution is 5.81. The van der Waals surface area contributed by atoms with E-state index in [1.165, 1.54) is 10.9 Å². The largest absolute Gasteiger partial charge is 0.478 e. The number of hydrogen-bond donors (Lipinski definition) is 1. The van der Waals surface area contributed by atoms with Crippen LogP contribution in [0.25, 0.3) is 10.9 Å². The molecule has 2 atom stereocenters. The molecule has 3 aromatic rings. The second kappa shape index (κ2) is 8.03. The molecule has 1 fully saturated rings. The van der Waals surface area contributed by atoms with Crippen LogP contribution in [0.2, 0.25) is 0 Å². The lowest BCUT2D eigenvalue weighted by Gasteiger charge is -2.16. The van der Waals surface area contributed by atoms with Gasteiger partial charge in [-0.3, -0.25) is 9.88 Å². The molecule has 1 saturated heterocycles. The van der Waals surface area contributed by atoms with Crippen LogP contribution in [0.3, 0.4) is 0 Å². The molecule has 2 aromatic heterocycles. The summed E-state index contributed by atoms with van der Waals surface area (Å²) in [5.74, 6) is 0.886. The number of rotatable bonds is 6. The predicted octanol–water partition coefficient (Wildman–Crippen LogP) is 3.06. The van der Waals surface area contributed by atoms with Crippen LogP contribution in [0, 0.1) is 5.92 Å². The minimum Gasteiger partial charge on any atom is -0.478 e. The van der Waals surface area contributed by atoms with Crippen LogP contribution in [0.4, 0.5) is 0 Å². The summed E-state index contributed by atoms with van der Waals surface area (Å²) in [4.78, 5) is 11.1. The van der Waals surface area contributed by atoms with Crippen molar-refractivity contribution in [3.63, 3.8) is 0 Å². The third kappa shape index (κ3) is 4.10. The average molecular weight is 363 g/mol. The molecule has 27 heavy (non-hydrogen) atoms. The first kappa shape index (κ1) is 17.9. The lowest BCUT2D eigenvalue weighted by molar-refractivity contribution is 0.141. The third-order valence-corrected chi connectivity index (χ3v) is 5.20. The normalized spacial score (nSPS) is 20.2. The van der Waals surface area contributed by atoms with Gasteiger partial charge < -0.3 is 9.84 Å². The van der Waals surface area contributed by atoms with Gasteiger partial charge in [0.2, 0.25) is 5.88 Å². The molecule has 0 aliphatic carbocycles. The fourth-order valence-corrected chi connectivity index (χ4v) is 3.88. The molecule has 0 saturated carbocycles. The fourth-order valence-electron chi connectivity index (χ4n) is 3.88. The Labute approximate surface area is 159 Å². The van der Waals surface area contributed by atoms with Gasteiger partial charge in [-0.25, -0.2) is 4.98 Å². The van der Waals surface area contributed by atoms with Crippen molar-refractivity contribution < 1.29 is 9.84 Å². The van der Waals surface area contributed by atoms with E-state index in [0.717, 1.165) is 30.6 Å². The maximum Gasteiger partial charge on any atom is 0.213 e. The van der Waals surface area contributed by atoms with Gasteiger partial charge in [-0.2, -0.15) is 0 Å². The Morgan fingerprint density at radius 3 is 2.81 bits per heavy atom. The van der Waals surface area contributed by atoms with Crippen molar-refractivity contribution in [2.45, 2.75) is 26.0 Å². The number of fused-ring (bicyclic) bond motifs is 1. The van der Waals surface area contributed by atoms with E-state index in [9.17, 15) is 5.11 Å². The number of para-hydroxylation sites is 1. The number of β-amino-alcohol motifs (C(OH)–C–C–N with tert-alkyl or cyclic N) is 1. The van der Waals surface area contributed by atoms with E-state index in [0.29, 0.717) is 19.0 Å². The van der Waals surface area contributed by atoms with E-state index in [2.05, 4.69) is 27.0 Å². The Morgan fingerprint density at radius 2 is 2.00 bits per heavy atom. The zero-order chi connectivity index (χ0) is 18.6. The van der Waals surface area contributed by atoms with Gasteiger partial charge in [0.05, 0.1) is 18.2 Å².